The molecule has 2 aromatic heterocycles. The van der Waals surface area contributed by atoms with Crippen LogP contribution in [-0.4, -0.2) is 62.1 Å². The van der Waals surface area contributed by atoms with E-state index in [1.165, 1.54) is 19.3 Å². The number of rotatable bonds is 5. The lowest BCUT2D eigenvalue weighted by Gasteiger charge is -2.28. The second-order valence-electron chi connectivity index (χ2n) is 5.63. The quantitative estimate of drug-likeness (QED) is 0.843. The first-order chi connectivity index (χ1) is 10.2. The average Bonchev–Trinajstić information content (AvgIpc) is 2.87. The fourth-order valence-electron chi connectivity index (χ4n) is 2.72. The van der Waals surface area contributed by atoms with E-state index in [2.05, 4.69) is 25.5 Å². The summed E-state index contributed by atoms with van der Waals surface area (Å²) in [6, 6.07) is 3.73. The normalized spacial score (nSPS) is 18.0. The molecular formula is C14H22N6O. The van der Waals surface area contributed by atoms with Crippen molar-refractivity contribution in [2.45, 2.75) is 32.3 Å². The number of fused-ring (bicyclic) bond motifs is 1. The van der Waals surface area contributed by atoms with Crippen LogP contribution in [0.4, 0.5) is 5.82 Å². The van der Waals surface area contributed by atoms with Crippen molar-refractivity contribution in [1.29, 1.82) is 0 Å². The molecule has 2 aromatic rings. The lowest BCUT2D eigenvalue weighted by molar-refractivity contribution is 0.109. The molecule has 1 fully saturated rings. The Bertz CT molecular complexity index is 592. The van der Waals surface area contributed by atoms with Gasteiger partial charge in [-0.05, 0) is 45.0 Å². The lowest BCUT2D eigenvalue weighted by atomic mass is 10.1. The number of aliphatic hydroxyl groups excluding tert-OH is 1. The number of aryl methyl sites for hydroxylation is 1. The van der Waals surface area contributed by atoms with Gasteiger partial charge >= 0.3 is 0 Å². The summed E-state index contributed by atoms with van der Waals surface area (Å²) < 4.78 is 1.69. The highest BCUT2D eigenvalue weighted by molar-refractivity contribution is 5.43. The van der Waals surface area contributed by atoms with E-state index < -0.39 is 0 Å². The molecule has 3 rings (SSSR count). The maximum atomic E-state index is 10.1. The van der Waals surface area contributed by atoms with Gasteiger partial charge in [-0.2, -0.15) is 4.52 Å². The van der Waals surface area contributed by atoms with E-state index in [1.54, 1.807) is 4.52 Å². The monoisotopic (exact) mass is 290 g/mol. The van der Waals surface area contributed by atoms with Crippen molar-refractivity contribution in [3.8, 4) is 0 Å². The van der Waals surface area contributed by atoms with E-state index in [9.17, 15) is 5.11 Å². The molecule has 0 spiro atoms. The Balaban J connectivity index is 1.54. The van der Waals surface area contributed by atoms with E-state index in [-0.39, 0.29) is 6.10 Å². The molecule has 1 aliphatic heterocycles. The molecule has 1 aliphatic rings. The van der Waals surface area contributed by atoms with Gasteiger partial charge in [0.2, 0.25) is 0 Å². The zero-order valence-corrected chi connectivity index (χ0v) is 12.4. The summed E-state index contributed by atoms with van der Waals surface area (Å²) in [5.74, 6) is 1.48. The first-order valence-electron chi connectivity index (χ1n) is 7.56. The molecule has 3 heterocycles. The van der Waals surface area contributed by atoms with Crippen LogP contribution in [0.25, 0.3) is 5.65 Å². The van der Waals surface area contributed by atoms with Gasteiger partial charge in [0, 0.05) is 13.1 Å². The van der Waals surface area contributed by atoms with Gasteiger partial charge in [0.15, 0.2) is 11.5 Å². The molecule has 21 heavy (non-hydrogen) atoms. The number of nitrogens with one attached hydrogen (secondary N) is 1. The summed E-state index contributed by atoms with van der Waals surface area (Å²) in [6.07, 6.45) is 3.41. The minimum absolute atomic E-state index is 0.386. The number of nitrogens with zero attached hydrogens (tertiary/aromatic N) is 5. The Kier molecular flexibility index (Phi) is 4.31. The predicted molar refractivity (Wildman–Crippen MR) is 80.3 cm³/mol. The number of aromatic nitrogens is 4. The Morgan fingerprint density at radius 1 is 1.24 bits per heavy atom. The maximum absolute atomic E-state index is 10.1. The summed E-state index contributed by atoms with van der Waals surface area (Å²) in [5, 5.41) is 25.7. The third-order valence-corrected chi connectivity index (χ3v) is 3.86. The SMILES string of the molecule is Cc1nnc2ccc(NC[C@@H](O)CN3CCCCC3)nn12. The molecule has 0 radical (unpaired) electrons. The van der Waals surface area contributed by atoms with Crippen LogP contribution in [0.2, 0.25) is 0 Å². The zero-order valence-electron chi connectivity index (χ0n) is 12.4. The van der Waals surface area contributed by atoms with E-state index in [4.69, 9.17) is 0 Å². The van der Waals surface area contributed by atoms with Crippen molar-refractivity contribution in [3.63, 3.8) is 0 Å². The third kappa shape index (κ3) is 3.48. The number of hydrogen-bond donors (Lipinski definition) is 2. The standard InChI is InChI=1S/C14H22N6O/c1-11-16-17-14-6-5-13(18-20(11)14)15-9-12(21)10-19-7-3-2-4-8-19/h5-6,12,21H,2-4,7-10H2,1H3,(H,15,18)/t12-/m1/s1. The molecular weight excluding hydrogens is 268 g/mol. The smallest absolute Gasteiger partial charge is 0.178 e. The number of hydrogen-bond acceptors (Lipinski definition) is 6. The molecule has 2 N–H and O–H groups in total. The van der Waals surface area contributed by atoms with E-state index in [1.807, 2.05) is 19.1 Å². The highest BCUT2D eigenvalue weighted by Gasteiger charge is 2.14. The second-order valence-corrected chi connectivity index (χ2v) is 5.63. The highest BCUT2D eigenvalue weighted by atomic mass is 16.3. The average molecular weight is 290 g/mol. The van der Waals surface area contributed by atoms with E-state index in [0.717, 1.165) is 36.9 Å². The summed E-state index contributed by atoms with van der Waals surface area (Å²) in [5.41, 5.74) is 0.729. The van der Waals surface area contributed by atoms with Gasteiger partial charge in [-0.25, -0.2) is 0 Å². The molecule has 0 saturated carbocycles. The molecule has 0 amide bonds. The molecule has 7 nitrogen and oxygen atoms in total. The van der Waals surface area contributed by atoms with Crippen LogP contribution in [0.15, 0.2) is 12.1 Å². The van der Waals surface area contributed by atoms with Crippen LogP contribution in [0.1, 0.15) is 25.1 Å². The van der Waals surface area contributed by atoms with Crippen molar-refractivity contribution in [1.82, 2.24) is 24.7 Å². The highest BCUT2D eigenvalue weighted by Crippen LogP contribution is 2.10. The Labute approximate surface area is 124 Å². The molecule has 0 bridgehead atoms. The predicted octanol–water partition coefficient (Wildman–Crippen LogP) is 0.691. The molecule has 0 aromatic carbocycles. The Morgan fingerprint density at radius 2 is 2.05 bits per heavy atom. The van der Waals surface area contributed by atoms with Crippen molar-refractivity contribution in [2.75, 3.05) is 31.5 Å². The molecule has 7 heteroatoms. The van der Waals surface area contributed by atoms with Gasteiger partial charge in [-0.15, -0.1) is 15.3 Å². The summed E-state index contributed by atoms with van der Waals surface area (Å²) in [6.45, 7) is 5.28. The van der Waals surface area contributed by atoms with Crippen molar-refractivity contribution >= 4 is 11.5 Å². The van der Waals surface area contributed by atoms with Crippen LogP contribution in [0.3, 0.4) is 0 Å². The summed E-state index contributed by atoms with van der Waals surface area (Å²) in [7, 11) is 0. The van der Waals surface area contributed by atoms with Crippen LogP contribution in [0.5, 0.6) is 0 Å². The molecule has 0 unspecified atom stereocenters. The Morgan fingerprint density at radius 3 is 2.86 bits per heavy atom. The first-order valence-corrected chi connectivity index (χ1v) is 7.56. The zero-order chi connectivity index (χ0) is 14.7. The van der Waals surface area contributed by atoms with Crippen molar-refractivity contribution < 1.29 is 5.11 Å². The minimum atomic E-state index is -0.386. The third-order valence-electron chi connectivity index (χ3n) is 3.86. The maximum Gasteiger partial charge on any atom is 0.178 e. The van der Waals surface area contributed by atoms with Crippen molar-refractivity contribution in [2.24, 2.45) is 0 Å². The van der Waals surface area contributed by atoms with E-state index in [0.29, 0.717) is 6.54 Å². The molecule has 1 saturated heterocycles. The number of β-amino-alcohol motifs (C(OH)–C–C–N with tert-alkyl or cyclic N) is 1. The number of anilines is 1. The molecule has 1 atom stereocenters. The van der Waals surface area contributed by atoms with Crippen LogP contribution in [0, 0.1) is 6.92 Å². The number of likely N-dealkylation sites (tertiary alicyclic amines) is 1. The number of aliphatic hydroxyl groups is 1. The van der Waals surface area contributed by atoms with Gasteiger partial charge in [0.05, 0.1) is 6.10 Å². The lowest BCUT2D eigenvalue weighted by Crippen LogP contribution is -2.39. The largest absolute Gasteiger partial charge is 0.390 e. The molecule has 0 aliphatic carbocycles. The van der Waals surface area contributed by atoms with Crippen LogP contribution >= 0.6 is 0 Å². The first kappa shape index (κ1) is 14.2. The topological polar surface area (TPSA) is 78.6 Å². The molecule has 114 valence electrons. The fourth-order valence-corrected chi connectivity index (χ4v) is 2.72. The van der Waals surface area contributed by atoms with Gasteiger partial charge in [0.1, 0.15) is 5.82 Å². The van der Waals surface area contributed by atoms with Crippen LogP contribution in [-0.2, 0) is 0 Å². The summed E-state index contributed by atoms with van der Waals surface area (Å²) >= 11 is 0. The van der Waals surface area contributed by atoms with Gasteiger partial charge in [-0.3, -0.25) is 0 Å². The van der Waals surface area contributed by atoms with Gasteiger partial charge < -0.3 is 15.3 Å². The van der Waals surface area contributed by atoms with Gasteiger partial charge in [-0.1, -0.05) is 6.42 Å². The number of piperidine rings is 1. The second kappa shape index (κ2) is 6.36. The van der Waals surface area contributed by atoms with Crippen molar-refractivity contribution in [3.05, 3.63) is 18.0 Å². The van der Waals surface area contributed by atoms with Crippen LogP contribution < -0.4 is 5.32 Å². The Hall–Kier alpha value is -1.73. The van der Waals surface area contributed by atoms with Gasteiger partial charge in [0.25, 0.3) is 0 Å². The van der Waals surface area contributed by atoms with E-state index >= 15 is 0 Å². The minimum Gasteiger partial charge on any atom is -0.390 e. The summed E-state index contributed by atoms with van der Waals surface area (Å²) in [4.78, 5) is 2.33. The fraction of sp³-hybridized carbons (Fsp3) is 0.643.